The van der Waals surface area contributed by atoms with E-state index in [1.807, 2.05) is 68.7 Å². The van der Waals surface area contributed by atoms with Crippen molar-refractivity contribution in [2.45, 2.75) is 12.1 Å². The zero-order chi connectivity index (χ0) is 15.9. The number of para-hydroxylation sites is 2. The lowest BCUT2D eigenvalue weighted by atomic mass is 9.99. The monoisotopic (exact) mass is 300 g/mol. The van der Waals surface area contributed by atoms with Gasteiger partial charge in [0.1, 0.15) is 5.75 Å². The van der Waals surface area contributed by atoms with Crippen LogP contribution in [0.5, 0.6) is 5.75 Å². The molecule has 4 heteroatoms. The molecule has 0 spiro atoms. The summed E-state index contributed by atoms with van der Waals surface area (Å²) in [7, 11) is 5.48. The summed E-state index contributed by atoms with van der Waals surface area (Å²) in [6.45, 7) is 0.513. The van der Waals surface area contributed by atoms with Crippen molar-refractivity contribution in [1.82, 2.24) is 5.32 Å². The number of nitrogens with one attached hydrogen (secondary N) is 1. The molecule has 118 valence electrons. The van der Waals surface area contributed by atoms with Crippen LogP contribution in [-0.4, -0.2) is 39.0 Å². The minimum Gasteiger partial charge on any atom is -0.495 e. The molecule has 0 saturated heterocycles. The van der Waals surface area contributed by atoms with Gasteiger partial charge in [-0.05, 0) is 24.7 Å². The van der Waals surface area contributed by atoms with Crippen LogP contribution in [0.4, 0.5) is 5.69 Å². The molecule has 0 bridgehead atoms. The Balaban J connectivity index is 2.40. The molecule has 0 radical (unpaired) electrons. The predicted molar refractivity (Wildman–Crippen MR) is 90.5 cm³/mol. The van der Waals surface area contributed by atoms with E-state index in [0.717, 1.165) is 17.0 Å². The van der Waals surface area contributed by atoms with Crippen LogP contribution in [0.3, 0.4) is 0 Å². The van der Waals surface area contributed by atoms with Gasteiger partial charge < -0.3 is 20.1 Å². The maximum atomic E-state index is 10.6. The second kappa shape index (κ2) is 7.82. The SMILES string of the molecule is CNCC(O)C(c1ccccc1)N(C)c1ccccc1OC. The van der Waals surface area contributed by atoms with Crippen molar-refractivity contribution in [2.24, 2.45) is 0 Å². The van der Waals surface area contributed by atoms with Crippen LogP contribution in [0, 0.1) is 0 Å². The molecule has 2 N–H and O–H groups in total. The van der Waals surface area contributed by atoms with Gasteiger partial charge in [0.15, 0.2) is 0 Å². The van der Waals surface area contributed by atoms with Crippen LogP contribution >= 0.6 is 0 Å². The summed E-state index contributed by atoms with van der Waals surface area (Å²) in [5, 5.41) is 13.7. The first-order valence-corrected chi connectivity index (χ1v) is 7.42. The summed E-state index contributed by atoms with van der Waals surface area (Å²) in [4.78, 5) is 2.07. The smallest absolute Gasteiger partial charge is 0.142 e. The van der Waals surface area contributed by atoms with Crippen molar-refractivity contribution in [3.05, 3.63) is 60.2 Å². The van der Waals surface area contributed by atoms with E-state index in [9.17, 15) is 5.11 Å². The van der Waals surface area contributed by atoms with Crippen LogP contribution < -0.4 is 15.0 Å². The first-order chi connectivity index (χ1) is 10.7. The quantitative estimate of drug-likeness (QED) is 0.824. The van der Waals surface area contributed by atoms with Crippen molar-refractivity contribution in [3.63, 3.8) is 0 Å². The Morgan fingerprint density at radius 3 is 2.36 bits per heavy atom. The minimum absolute atomic E-state index is 0.162. The van der Waals surface area contributed by atoms with Gasteiger partial charge in [-0.2, -0.15) is 0 Å². The summed E-state index contributed by atoms with van der Waals surface area (Å²) >= 11 is 0. The molecular weight excluding hydrogens is 276 g/mol. The first kappa shape index (κ1) is 16.3. The zero-order valence-corrected chi connectivity index (χ0v) is 13.4. The molecule has 2 unspecified atom stereocenters. The Morgan fingerprint density at radius 1 is 1.09 bits per heavy atom. The fraction of sp³-hybridized carbons (Fsp3) is 0.333. The van der Waals surface area contributed by atoms with Gasteiger partial charge in [-0.15, -0.1) is 0 Å². The largest absolute Gasteiger partial charge is 0.495 e. The fourth-order valence-corrected chi connectivity index (χ4v) is 2.75. The van der Waals surface area contributed by atoms with E-state index in [-0.39, 0.29) is 6.04 Å². The van der Waals surface area contributed by atoms with Crippen molar-refractivity contribution in [3.8, 4) is 5.75 Å². The van der Waals surface area contributed by atoms with E-state index in [1.165, 1.54) is 0 Å². The van der Waals surface area contributed by atoms with Gasteiger partial charge in [0.25, 0.3) is 0 Å². The lowest BCUT2D eigenvalue weighted by molar-refractivity contribution is 0.142. The molecule has 0 saturated carbocycles. The number of benzene rings is 2. The summed E-state index contributed by atoms with van der Waals surface area (Å²) in [5.74, 6) is 0.794. The summed E-state index contributed by atoms with van der Waals surface area (Å²) < 4.78 is 5.45. The maximum absolute atomic E-state index is 10.6. The highest BCUT2D eigenvalue weighted by atomic mass is 16.5. The second-order valence-electron chi connectivity index (χ2n) is 5.26. The van der Waals surface area contributed by atoms with Gasteiger partial charge >= 0.3 is 0 Å². The lowest BCUT2D eigenvalue weighted by Gasteiger charge is -2.34. The second-order valence-corrected chi connectivity index (χ2v) is 5.26. The molecule has 2 rings (SSSR count). The fourth-order valence-electron chi connectivity index (χ4n) is 2.75. The normalized spacial score (nSPS) is 13.5. The molecule has 0 aliphatic heterocycles. The number of anilines is 1. The topological polar surface area (TPSA) is 44.7 Å². The van der Waals surface area contributed by atoms with E-state index in [1.54, 1.807) is 7.11 Å². The molecule has 0 amide bonds. The number of methoxy groups -OCH3 is 1. The van der Waals surface area contributed by atoms with Crippen molar-refractivity contribution < 1.29 is 9.84 Å². The molecule has 2 atom stereocenters. The number of likely N-dealkylation sites (N-methyl/N-ethyl adjacent to an activating group) is 2. The van der Waals surface area contributed by atoms with E-state index >= 15 is 0 Å². The van der Waals surface area contributed by atoms with Crippen molar-refractivity contribution in [1.29, 1.82) is 0 Å². The molecule has 0 aromatic heterocycles. The highest BCUT2D eigenvalue weighted by Crippen LogP contribution is 2.34. The van der Waals surface area contributed by atoms with E-state index in [4.69, 9.17) is 4.74 Å². The van der Waals surface area contributed by atoms with E-state index in [2.05, 4.69) is 10.2 Å². The number of aliphatic hydroxyl groups is 1. The third kappa shape index (κ3) is 3.59. The van der Waals surface area contributed by atoms with Gasteiger partial charge in [-0.25, -0.2) is 0 Å². The number of hydrogen-bond donors (Lipinski definition) is 2. The average molecular weight is 300 g/mol. The molecule has 0 aliphatic carbocycles. The Kier molecular flexibility index (Phi) is 5.81. The van der Waals surface area contributed by atoms with Crippen LogP contribution in [0.15, 0.2) is 54.6 Å². The van der Waals surface area contributed by atoms with Crippen LogP contribution in [0.25, 0.3) is 0 Å². The van der Waals surface area contributed by atoms with Crippen LogP contribution in [0.1, 0.15) is 11.6 Å². The van der Waals surface area contributed by atoms with Crippen molar-refractivity contribution >= 4 is 5.69 Å². The third-order valence-electron chi connectivity index (χ3n) is 3.80. The number of aliphatic hydroxyl groups excluding tert-OH is 1. The summed E-state index contributed by atoms with van der Waals surface area (Å²) in [6, 6.07) is 17.7. The molecule has 22 heavy (non-hydrogen) atoms. The molecular formula is C18H24N2O2. The average Bonchev–Trinajstić information content (AvgIpc) is 2.56. The van der Waals surface area contributed by atoms with Gasteiger partial charge in [-0.3, -0.25) is 0 Å². The van der Waals surface area contributed by atoms with E-state index < -0.39 is 6.10 Å². The number of nitrogens with zero attached hydrogens (tertiary/aromatic N) is 1. The Morgan fingerprint density at radius 2 is 1.73 bits per heavy atom. The highest BCUT2D eigenvalue weighted by Gasteiger charge is 2.26. The molecule has 0 fully saturated rings. The summed E-state index contributed by atoms with van der Waals surface area (Å²) in [6.07, 6.45) is -0.540. The molecule has 0 heterocycles. The summed E-state index contributed by atoms with van der Waals surface area (Å²) in [5.41, 5.74) is 2.02. The number of hydrogen-bond acceptors (Lipinski definition) is 4. The van der Waals surface area contributed by atoms with Crippen LogP contribution in [-0.2, 0) is 0 Å². The predicted octanol–water partition coefficient (Wildman–Crippen LogP) is 2.45. The first-order valence-electron chi connectivity index (χ1n) is 7.42. The standard InChI is InChI=1S/C18H24N2O2/c1-19-13-16(21)18(14-9-5-4-6-10-14)20(2)15-11-7-8-12-17(15)22-3/h4-12,16,18-19,21H,13H2,1-3H3. The Bertz CT molecular complexity index is 574. The Labute approximate surface area is 132 Å². The molecule has 2 aromatic carbocycles. The van der Waals surface area contributed by atoms with Crippen molar-refractivity contribution in [2.75, 3.05) is 32.6 Å². The van der Waals surface area contributed by atoms with Gasteiger partial charge in [0.2, 0.25) is 0 Å². The zero-order valence-electron chi connectivity index (χ0n) is 13.4. The van der Waals surface area contributed by atoms with Crippen LogP contribution in [0.2, 0.25) is 0 Å². The molecule has 0 aliphatic rings. The van der Waals surface area contributed by atoms with Gasteiger partial charge in [-0.1, -0.05) is 42.5 Å². The number of ether oxygens (including phenoxy) is 1. The lowest BCUT2D eigenvalue weighted by Crippen LogP contribution is -2.39. The molecule has 4 nitrogen and oxygen atoms in total. The number of rotatable bonds is 7. The maximum Gasteiger partial charge on any atom is 0.142 e. The third-order valence-corrected chi connectivity index (χ3v) is 3.80. The highest BCUT2D eigenvalue weighted by molar-refractivity contribution is 5.59. The molecule has 2 aromatic rings. The van der Waals surface area contributed by atoms with Gasteiger partial charge in [0, 0.05) is 13.6 Å². The Hall–Kier alpha value is -2.04. The van der Waals surface area contributed by atoms with Gasteiger partial charge in [0.05, 0.1) is 24.9 Å². The minimum atomic E-state index is -0.540. The van der Waals surface area contributed by atoms with E-state index in [0.29, 0.717) is 6.54 Å².